The molecule has 1 aromatic rings. The SMILES string of the molecule is NC(=O)CCNC(=O)[CH]c1ccccc1. The molecule has 0 aliphatic heterocycles. The highest BCUT2D eigenvalue weighted by atomic mass is 16.2. The fourth-order valence-electron chi connectivity index (χ4n) is 1.06. The van der Waals surface area contributed by atoms with E-state index in [0.29, 0.717) is 0 Å². The minimum Gasteiger partial charge on any atom is -0.370 e. The van der Waals surface area contributed by atoms with Gasteiger partial charge in [0.15, 0.2) is 0 Å². The number of hydrogen-bond donors (Lipinski definition) is 2. The lowest BCUT2D eigenvalue weighted by Gasteiger charge is -2.02. The van der Waals surface area contributed by atoms with E-state index in [9.17, 15) is 9.59 Å². The summed E-state index contributed by atoms with van der Waals surface area (Å²) in [6, 6.07) is 9.23. The molecule has 0 atom stereocenters. The third kappa shape index (κ3) is 4.81. The van der Waals surface area contributed by atoms with Gasteiger partial charge in [0, 0.05) is 13.0 Å². The second kappa shape index (κ2) is 5.80. The van der Waals surface area contributed by atoms with Crippen LogP contribution in [0.1, 0.15) is 12.0 Å². The molecule has 3 N–H and O–H groups in total. The predicted molar refractivity (Wildman–Crippen MR) is 56.7 cm³/mol. The van der Waals surface area contributed by atoms with E-state index >= 15 is 0 Å². The van der Waals surface area contributed by atoms with Crippen LogP contribution in [0.25, 0.3) is 0 Å². The Morgan fingerprint density at radius 1 is 1.27 bits per heavy atom. The molecule has 1 radical (unpaired) electrons. The van der Waals surface area contributed by atoms with Crippen molar-refractivity contribution in [3.05, 3.63) is 42.3 Å². The van der Waals surface area contributed by atoms with Crippen LogP contribution in [0.5, 0.6) is 0 Å². The molecule has 0 spiro atoms. The van der Waals surface area contributed by atoms with Crippen molar-refractivity contribution in [2.75, 3.05) is 6.54 Å². The van der Waals surface area contributed by atoms with Crippen molar-refractivity contribution in [3.63, 3.8) is 0 Å². The molecule has 0 bridgehead atoms. The Kier molecular flexibility index (Phi) is 4.34. The zero-order valence-electron chi connectivity index (χ0n) is 8.27. The summed E-state index contributed by atoms with van der Waals surface area (Å²) in [5.41, 5.74) is 5.76. The molecule has 0 fully saturated rings. The van der Waals surface area contributed by atoms with E-state index in [4.69, 9.17) is 5.73 Å². The number of nitrogens with one attached hydrogen (secondary N) is 1. The largest absolute Gasteiger partial charge is 0.370 e. The number of rotatable bonds is 5. The molecule has 0 saturated heterocycles. The third-order valence-corrected chi connectivity index (χ3v) is 1.77. The van der Waals surface area contributed by atoms with Gasteiger partial charge in [0.1, 0.15) is 0 Å². The van der Waals surface area contributed by atoms with Crippen molar-refractivity contribution in [3.8, 4) is 0 Å². The van der Waals surface area contributed by atoms with E-state index in [1.165, 1.54) is 6.42 Å². The van der Waals surface area contributed by atoms with Crippen molar-refractivity contribution in [1.82, 2.24) is 5.32 Å². The first-order valence-electron chi connectivity index (χ1n) is 4.64. The summed E-state index contributed by atoms with van der Waals surface area (Å²) in [5, 5.41) is 2.57. The lowest BCUT2D eigenvalue weighted by molar-refractivity contribution is -0.118. The number of primary amides is 1. The van der Waals surface area contributed by atoms with Crippen LogP contribution in [-0.4, -0.2) is 18.4 Å². The van der Waals surface area contributed by atoms with Crippen molar-refractivity contribution < 1.29 is 9.59 Å². The molecular weight excluding hydrogens is 192 g/mol. The fourth-order valence-corrected chi connectivity index (χ4v) is 1.06. The molecule has 1 aromatic carbocycles. The number of benzene rings is 1. The van der Waals surface area contributed by atoms with Crippen LogP contribution in [0.2, 0.25) is 0 Å². The number of carbonyl (C=O) groups excluding carboxylic acids is 2. The first-order chi connectivity index (χ1) is 7.18. The molecule has 4 nitrogen and oxygen atoms in total. The van der Waals surface area contributed by atoms with Gasteiger partial charge in [0.2, 0.25) is 11.8 Å². The summed E-state index contributed by atoms with van der Waals surface area (Å²) in [6.07, 6.45) is 1.63. The maximum Gasteiger partial charge on any atom is 0.228 e. The van der Waals surface area contributed by atoms with Crippen LogP contribution in [0.3, 0.4) is 0 Å². The molecule has 2 amide bonds. The first kappa shape index (κ1) is 11.2. The number of nitrogens with two attached hydrogens (primary N) is 1. The zero-order chi connectivity index (χ0) is 11.1. The minimum absolute atomic E-state index is 0.161. The van der Waals surface area contributed by atoms with E-state index in [1.807, 2.05) is 30.3 Å². The van der Waals surface area contributed by atoms with Gasteiger partial charge in [-0.2, -0.15) is 0 Å². The second-order valence-electron chi connectivity index (χ2n) is 3.06. The average molecular weight is 205 g/mol. The fraction of sp³-hybridized carbons (Fsp3) is 0.182. The molecule has 0 aliphatic carbocycles. The zero-order valence-corrected chi connectivity index (χ0v) is 8.27. The highest BCUT2D eigenvalue weighted by Crippen LogP contribution is 2.00. The molecular formula is C11H13N2O2. The number of hydrogen-bond acceptors (Lipinski definition) is 2. The number of carbonyl (C=O) groups is 2. The van der Waals surface area contributed by atoms with Crippen LogP contribution in [0.4, 0.5) is 0 Å². The normalized spacial score (nSPS) is 9.60. The predicted octanol–water partition coefficient (Wildman–Crippen LogP) is 0.231. The van der Waals surface area contributed by atoms with Crippen LogP contribution in [0, 0.1) is 6.42 Å². The van der Waals surface area contributed by atoms with Crippen molar-refractivity contribution in [2.24, 2.45) is 5.73 Å². The van der Waals surface area contributed by atoms with Gasteiger partial charge in [-0.25, -0.2) is 0 Å². The topological polar surface area (TPSA) is 72.2 Å². The Balaban J connectivity index is 2.28. The maximum absolute atomic E-state index is 11.3. The van der Waals surface area contributed by atoms with Gasteiger partial charge in [-0.15, -0.1) is 0 Å². The highest BCUT2D eigenvalue weighted by Gasteiger charge is 2.03. The Labute approximate surface area is 88.5 Å². The van der Waals surface area contributed by atoms with Crippen molar-refractivity contribution >= 4 is 11.8 Å². The van der Waals surface area contributed by atoms with E-state index in [0.717, 1.165) is 5.56 Å². The molecule has 79 valence electrons. The summed E-state index contributed by atoms with van der Waals surface area (Å²) in [6.45, 7) is 0.275. The molecule has 0 saturated carbocycles. The molecule has 1 rings (SSSR count). The summed E-state index contributed by atoms with van der Waals surface area (Å²) >= 11 is 0. The molecule has 0 unspecified atom stereocenters. The standard InChI is InChI=1S/C11H13N2O2/c12-10(14)6-7-13-11(15)8-9-4-2-1-3-5-9/h1-5,8H,6-7H2,(H2,12,14)(H,13,15). The smallest absolute Gasteiger partial charge is 0.228 e. The van der Waals surface area contributed by atoms with Crippen LogP contribution in [0.15, 0.2) is 30.3 Å². The average Bonchev–Trinajstić information content (AvgIpc) is 2.18. The van der Waals surface area contributed by atoms with Crippen molar-refractivity contribution in [2.45, 2.75) is 6.42 Å². The van der Waals surface area contributed by atoms with Gasteiger partial charge in [0.05, 0.1) is 6.42 Å². The van der Waals surface area contributed by atoms with E-state index in [1.54, 1.807) is 0 Å². The van der Waals surface area contributed by atoms with Crippen LogP contribution < -0.4 is 11.1 Å². The third-order valence-electron chi connectivity index (χ3n) is 1.77. The van der Waals surface area contributed by atoms with Gasteiger partial charge in [-0.1, -0.05) is 30.3 Å². The Morgan fingerprint density at radius 3 is 2.53 bits per heavy atom. The second-order valence-corrected chi connectivity index (χ2v) is 3.06. The van der Waals surface area contributed by atoms with Crippen LogP contribution in [-0.2, 0) is 9.59 Å². The Morgan fingerprint density at radius 2 is 1.93 bits per heavy atom. The molecule has 0 aromatic heterocycles. The lowest BCUT2D eigenvalue weighted by Crippen LogP contribution is -2.28. The monoisotopic (exact) mass is 205 g/mol. The van der Waals surface area contributed by atoms with Crippen LogP contribution >= 0.6 is 0 Å². The van der Waals surface area contributed by atoms with Gasteiger partial charge in [-0.05, 0) is 5.56 Å². The molecule has 0 aliphatic rings. The van der Waals surface area contributed by atoms with E-state index < -0.39 is 5.91 Å². The summed E-state index contributed by atoms with van der Waals surface area (Å²) in [5.74, 6) is -0.641. The minimum atomic E-state index is -0.421. The van der Waals surface area contributed by atoms with Crippen molar-refractivity contribution in [1.29, 1.82) is 0 Å². The van der Waals surface area contributed by atoms with Gasteiger partial charge in [-0.3, -0.25) is 9.59 Å². The summed E-state index contributed by atoms with van der Waals surface area (Å²) in [7, 11) is 0. The first-order valence-corrected chi connectivity index (χ1v) is 4.64. The molecule has 4 heteroatoms. The summed E-state index contributed by atoms with van der Waals surface area (Å²) < 4.78 is 0. The Hall–Kier alpha value is -1.84. The van der Waals surface area contributed by atoms with Gasteiger partial charge in [0.25, 0.3) is 0 Å². The Bertz CT molecular complexity index is 336. The maximum atomic E-state index is 11.3. The van der Waals surface area contributed by atoms with E-state index in [2.05, 4.69) is 5.32 Å². The van der Waals surface area contributed by atoms with Gasteiger partial charge < -0.3 is 11.1 Å². The quantitative estimate of drug-likeness (QED) is 0.722. The molecule has 15 heavy (non-hydrogen) atoms. The van der Waals surface area contributed by atoms with Gasteiger partial charge >= 0.3 is 0 Å². The molecule has 0 heterocycles. The highest BCUT2D eigenvalue weighted by molar-refractivity contribution is 5.88. The number of amides is 2. The lowest BCUT2D eigenvalue weighted by atomic mass is 10.1. The van der Waals surface area contributed by atoms with E-state index in [-0.39, 0.29) is 18.9 Å². The summed E-state index contributed by atoms with van der Waals surface area (Å²) in [4.78, 5) is 21.7.